The number of likely N-dealkylation sites (tertiary alicyclic amines) is 1. The van der Waals surface area contributed by atoms with Crippen LogP contribution >= 0.6 is 0 Å². The van der Waals surface area contributed by atoms with Gasteiger partial charge in [-0.2, -0.15) is 0 Å². The first-order valence-corrected chi connectivity index (χ1v) is 6.87. The molecule has 3 N–H and O–H groups in total. The lowest BCUT2D eigenvalue weighted by molar-refractivity contribution is -0.121. The maximum atomic E-state index is 12.1. The number of piperidine rings is 1. The van der Waals surface area contributed by atoms with E-state index in [2.05, 4.69) is 24.2 Å². The molecule has 1 aliphatic rings. The van der Waals surface area contributed by atoms with Gasteiger partial charge in [-0.25, -0.2) is 0 Å². The summed E-state index contributed by atoms with van der Waals surface area (Å²) in [6, 6.07) is 7.81. The normalized spacial score (nSPS) is 24.1. The van der Waals surface area contributed by atoms with Gasteiger partial charge < -0.3 is 16.0 Å². The summed E-state index contributed by atoms with van der Waals surface area (Å²) >= 11 is 0. The molecular weight excluding hydrogens is 238 g/mol. The van der Waals surface area contributed by atoms with Gasteiger partial charge in [-0.1, -0.05) is 19.1 Å². The molecule has 1 heterocycles. The maximum Gasteiger partial charge on any atom is 0.224 e. The highest BCUT2D eigenvalue weighted by Gasteiger charge is 2.25. The standard InChI is InChI=1S/C15H23N3O/c1-11-10-18(2)7-6-14(11)17-15(19)9-12-4-3-5-13(16)8-12/h3-5,8,11,14H,6-7,9-10,16H2,1-2H3,(H,17,19). The molecule has 4 heteroatoms. The average Bonchev–Trinajstić information content (AvgIpc) is 2.33. The third-order valence-electron chi connectivity index (χ3n) is 3.77. The van der Waals surface area contributed by atoms with E-state index in [4.69, 9.17) is 5.73 Å². The highest BCUT2D eigenvalue weighted by Crippen LogP contribution is 2.15. The number of nitrogens with two attached hydrogens (primary N) is 1. The highest BCUT2D eigenvalue weighted by molar-refractivity contribution is 5.79. The number of amides is 1. The molecular formula is C15H23N3O. The first-order chi connectivity index (χ1) is 9.04. The average molecular weight is 261 g/mol. The summed E-state index contributed by atoms with van der Waals surface area (Å²) < 4.78 is 0. The summed E-state index contributed by atoms with van der Waals surface area (Å²) in [5, 5.41) is 3.15. The Hall–Kier alpha value is -1.55. The zero-order chi connectivity index (χ0) is 13.8. The van der Waals surface area contributed by atoms with E-state index in [1.807, 2.05) is 24.3 Å². The summed E-state index contributed by atoms with van der Waals surface area (Å²) in [5.74, 6) is 0.593. The fraction of sp³-hybridized carbons (Fsp3) is 0.533. The molecule has 1 aromatic carbocycles. The van der Waals surface area contributed by atoms with Gasteiger partial charge in [0.05, 0.1) is 6.42 Å². The van der Waals surface area contributed by atoms with Gasteiger partial charge in [0.1, 0.15) is 0 Å². The Morgan fingerprint density at radius 3 is 3.00 bits per heavy atom. The summed E-state index contributed by atoms with van der Waals surface area (Å²) in [4.78, 5) is 14.4. The van der Waals surface area contributed by atoms with E-state index >= 15 is 0 Å². The first kappa shape index (κ1) is 13.9. The molecule has 0 aromatic heterocycles. The van der Waals surface area contributed by atoms with Crippen LogP contribution in [-0.4, -0.2) is 37.0 Å². The van der Waals surface area contributed by atoms with Crippen LogP contribution < -0.4 is 11.1 Å². The number of benzene rings is 1. The molecule has 0 radical (unpaired) electrons. The van der Waals surface area contributed by atoms with Gasteiger partial charge >= 0.3 is 0 Å². The summed E-state index contributed by atoms with van der Waals surface area (Å²) in [6.07, 6.45) is 1.43. The van der Waals surface area contributed by atoms with Gasteiger partial charge in [0.15, 0.2) is 0 Å². The van der Waals surface area contributed by atoms with E-state index in [1.165, 1.54) is 0 Å². The van der Waals surface area contributed by atoms with Crippen LogP contribution in [0.25, 0.3) is 0 Å². The van der Waals surface area contributed by atoms with Gasteiger partial charge in [-0.15, -0.1) is 0 Å². The number of rotatable bonds is 3. The van der Waals surface area contributed by atoms with Crippen LogP contribution in [0.3, 0.4) is 0 Å². The van der Waals surface area contributed by atoms with Crippen LogP contribution in [0.2, 0.25) is 0 Å². The van der Waals surface area contributed by atoms with Crippen molar-refractivity contribution in [1.82, 2.24) is 10.2 Å². The molecule has 1 aliphatic heterocycles. The predicted molar refractivity (Wildman–Crippen MR) is 77.8 cm³/mol. The van der Waals surface area contributed by atoms with Gasteiger partial charge in [0.25, 0.3) is 0 Å². The molecule has 0 saturated carbocycles. The van der Waals surface area contributed by atoms with Crippen molar-refractivity contribution < 1.29 is 4.79 Å². The lowest BCUT2D eigenvalue weighted by atomic mass is 9.94. The van der Waals surface area contributed by atoms with Crippen molar-refractivity contribution in [3.8, 4) is 0 Å². The van der Waals surface area contributed by atoms with Crippen LogP contribution in [0.4, 0.5) is 5.69 Å². The van der Waals surface area contributed by atoms with E-state index in [-0.39, 0.29) is 5.91 Å². The lowest BCUT2D eigenvalue weighted by Gasteiger charge is -2.35. The molecule has 19 heavy (non-hydrogen) atoms. The molecule has 1 aromatic rings. The Kier molecular flexibility index (Phi) is 4.43. The number of nitrogen functional groups attached to an aromatic ring is 1. The fourth-order valence-electron chi connectivity index (χ4n) is 2.71. The van der Waals surface area contributed by atoms with Crippen molar-refractivity contribution in [2.24, 2.45) is 5.92 Å². The van der Waals surface area contributed by atoms with Crippen molar-refractivity contribution in [2.75, 3.05) is 25.9 Å². The molecule has 2 rings (SSSR count). The smallest absolute Gasteiger partial charge is 0.224 e. The number of nitrogens with one attached hydrogen (secondary N) is 1. The minimum atomic E-state index is 0.0898. The Bertz CT molecular complexity index is 447. The molecule has 104 valence electrons. The van der Waals surface area contributed by atoms with Gasteiger partial charge in [-0.05, 0) is 43.6 Å². The van der Waals surface area contributed by atoms with Crippen LogP contribution in [-0.2, 0) is 11.2 Å². The van der Waals surface area contributed by atoms with Crippen molar-refractivity contribution in [3.05, 3.63) is 29.8 Å². The predicted octanol–water partition coefficient (Wildman–Crippen LogP) is 1.27. The van der Waals surface area contributed by atoms with Crippen molar-refractivity contribution in [1.29, 1.82) is 0 Å². The third-order valence-corrected chi connectivity index (χ3v) is 3.77. The molecule has 0 spiro atoms. The minimum absolute atomic E-state index is 0.0898. The highest BCUT2D eigenvalue weighted by atomic mass is 16.1. The largest absolute Gasteiger partial charge is 0.399 e. The molecule has 0 aliphatic carbocycles. The fourth-order valence-corrected chi connectivity index (χ4v) is 2.71. The number of hydrogen-bond donors (Lipinski definition) is 2. The number of carbonyl (C=O) groups is 1. The van der Waals surface area contributed by atoms with Gasteiger partial charge in [0, 0.05) is 18.3 Å². The van der Waals surface area contributed by atoms with Crippen LogP contribution in [0.15, 0.2) is 24.3 Å². The van der Waals surface area contributed by atoms with Crippen molar-refractivity contribution >= 4 is 11.6 Å². The minimum Gasteiger partial charge on any atom is -0.399 e. The summed E-state index contributed by atoms with van der Waals surface area (Å²) in [7, 11) is 2.13. The van der Waals surface area contributed by atoms with E-state index in [9.17, 15) is 4.79 Å². The topological polar surface area (TPSA) is 58.4 Å². The number of nitrogens with zero attached hydrogens (tertiary/aromatic N) is 1. The molecule has 2 atom stereocenters. The Morgan fingerprint density at radius 1 is 1.53 bits per heavy atom. The second-order valence-corrected chi connectivity index (χ2v) is 5.62. The van der Waals surface area contributed by atoms with Crippen molar-refractivity contribution in [3.63, 3.8) is 0 Å². The zero-order valence-electron chi connectivity index (χ0n) is 11.7. The van der Waals surface area contributed by atoms with E-state index in [1.54, 1.807) is 0 Å². The SMILES string of the molecule is CC1CN(C)CCC1NC(=O)Cc1cccc(N)c1. The zero-order valence-corrected chi connectivity index (χ0v) is 11.7. The monoisotopic (exact) mass is 261 g/mol. The Morgan fingerprint density at radius 2 is 2.32 bits per heavy atom. The second-order valence-electron chi connectivity index (χ2n) is 5.62. The Labute approximate surface area is 115 Å². The van der Waals surface area contributed by atoms with E-state index < -0.39 is 0 Å². The molecule has 0 bridgehead atoms. The number of hydrogen-bond acceptors (Lipinski definition) is 3. The second kappa shape index (κ2) is 6.06. The van der Waals surface area contributed by atoms with E-state index in [0.717, 1.165) is 25.1 Å². The van der Waals surface area contributed by atoms with Crippen LogP contribution in [0.5, 0.6) is 0 Å². The summed E-state index contributed by atoms with van der Waals surface area (Å²) in [6.45, 7) is 4.29. The van der Waals surface area contributed by atoms with Gasteiger partial charge in [0.2, 0.25) is 5.91 Å². The Balaban J connectivity index is 1.87. The molecule has 1 fully saturated rings. The first-order valence-electron chi connectivity index (χ1n) is 6.87. The molecule has 2 unspecified atom stereocenters. The van der Waals surface area contributed by atoms with Gasteiger partial charge in [-0.3, -0.25) is 4.79 Å². The molecule has 4 nitrogen and oxygen atoms in total. The van der Waals surface area contributed by atoms with Crippen molar-refractivity contribution in [2.45, 2.75) is 25.8 Å². The third kappa shape index (κ3) is 3.96. The molecule has 1 amide bonds. The maximum absolute atomic E-state index is 12.1. The summed E-state index contributed by atoms with van der Waals surface area (Å²) in [5.41, 5.74) is 7.40. The molecule has 1 saturated heterocycles. The quantitative estimate of drug-likeness (QED) is 0.806. The number of carbonyl (C=O) groups excluding carboxylic acids is 1. The van der Waals surface area contributed by atoms with E-state index in [0.29, 0.717) is 24.1 Å². The number of anilines is 1. The van der Waals surface area contributed by atoms with Crippen LogP contribution in [0.1, 0.15) is 18.9 Å². The van der Waals surface area contributed by atoms with Crippen LogP contribution in [0, 0.1) is 5.92 Å². The lowest BCUT2D eigenvalue weighted by Crippen LogP contribution is -2.49.